The van der Waals surface area contributed by atoms with Crippen LogP contribution >= 0.6 is 11.3 Å². The lowest BCUT2D eigenvalue weighted by molar-refractivity contribution is -0.134. The highest BCUT2D eigenvalue weighted by Gasteiger charge is 2.32. The first kappa shape index (κ1) is 21.0. The maximum atomic E-state index is 13.0. The van der Waals surface area contributed by atoms with Gasteiger partial charge < -0.3 is 9.80 Å². The van der Waals surface area contributed by atoms with E-state index in [9.17, 15) is 9.59 Å². The number of benzene rings is 2. The zero-order chi connectivity index (χ0) is 21.6. The summed E-state index contributed by atoms with van der Waals surface area (Å²) in [6.45, 7) is 1.02. The van der Waals surface area contributed by atoms with Crippen molar-refractivity contribution in [3.8, 4) is 6.07 Å². The van der Waals surface area contributed by atoms with E-state index >= 15 is 0 Å². The molecule has 1 aliphatic heterocycles. The van der Waals surface area contributed by atoms with Crippen molar-refractivity contribution < 1.29 is 9.59 Å². The third-order valence-corrected chi connectivity index (χ3v) is 6.68. The number of nitrogens with zero attached hydrogens (tertiary/aromatic N) is 4. The predicted molar refractivity (Wildman–Crippen MR) is 122 cm³/mol. The van der Waals surface area contributed by atoms with Crippen molar-refractivity contribution in [1.29, 1.82) is 5.26 Å². The molecule has 1 atom stereocenters. The summed E-state index contributed by atoms with van der Waals surface area (Å²) in [4.78, 5) is 34.1. The van der Waals surface area contributed by atoms with Crippen molar-refractivity contribution in [3.63, 3.8) is 0 Å². The SMILES string of the molecule is N#CCCN(C(=O)CCC(=O)N1CCCC1c1nc2ccccc2s1)c1ccccc1. The molecule has 6 nitrogen and oxygen atoms in total. The summed E-state index contributed by atoms with van der Waals surface area (Å²) in [5, 5.41) is 9.91. The van der Waals surface area contributed by atoms with Gasteiger partial charge in [0.15, 0.2) is 0 Å². The van der Waals surface area contributed by atoms with Gasteiger partial charge in [-0.05, 0) is 37.1 Å². The molecule has 2 aromatic carbocycles. The Morgan fingerprint density at radius 2 is 1.90 bits per heavy atom. The molecule has 1 aromatic heterocycles. The van der Waals surface area contributed by atoms with Crippen molar-refractivity contribution >= 4 is 39.1 Å². The Hall–Kier alpha value is -3.24. The molecule has 3 aromatic rings. The van der Waals surface area contributed by atoms with Crippen molar-refractivity contribution in [1.82, 2.24) is 9.88 Å². The van der Waals surface area contributed by atoms with Gasteiger partial charge in [0.05, 0.1) is 28.7 Å². The van der Waals surface area contributed by atoms with E-state index in [4.69, 9.17) is 10.2 Å². The number of thiazole rings is 1. The van der Waals surface area contributed by atoms with E-state index in [1.165, 1.54) is 0 Å². The Balaban J connectivity index is 1.42. The van der Waals surface area contributed by atoms with Gasteiger partial charge in [-0.3, -0.25) is 9.59 Å². The quantitative estimate of drug-likeness (QED) is 0.543. The first-order chi connectivity index (χ1) is 15.2. The largest absolute Gasteiger partial charge is 0.333 e. The standard InChI is InChI=1S/C24H24N4O2S/c25-15-7-17-27(18-8-2-1-3-9-18)22(29)13-14-23(30)28-16-6-11-20(28)24-26-19-10-4-5-12-21(19)31-24/h1-5,8-10,12,20H,6-7,11,13-14,16-17H2. The summed E-state index contributed by atoms with van der Waals surface area (Å²) in [5.41, 5.74) is 1.72. The summed E-state index contributed by atoms with van der Waals surface area (Å²) in [7, 11) is 0. The fraction of sp³-hybridized carbons (Fsp3) is 0.333. The summed E-state index contributed by atoms with van der Waals surface area (Å²) < 4.78 is 1.13. The number of nitriles is 1. The molecule has 0 N–H and O–H groups in total. The fourth-order valence-corrected chi connectivity index (χ4v) is 5.13. The second kappa shape index (κ2) is 9.71. The fourth-order valence-electron chi connectivity index (χ4n) is 4.01. The van der Waals surface area contributed by atoms with Gasteiger partial charge in [-0.2, -0.15) is 5.26 Å². The number of fused-ring (bicyclic) bond motifs is 1. The molecule has 7 heteroatoms. The molecule has 1 aliphatic rings. The molecule has 0 spiro atoms. The van der Waals surface area contributed by atoms with E-state index in [1.807, 2.05) is 53.4 Å². The molecule has 1 unspecified atom stereocenters. The lowest BCUT2D eigenvalue weighted by Crippen LogP contribution is -2.34. The summed E-state index contributed by atoms with van der Waals surface area (Å²) in [6, 6.07) is 19.4. The van der Waals surface area contributed by atoms with Crippen LogP contribution < -0.4 is 4.90 Å². The number of amides is 2. The number of likely N-dealkylation sites (tertiary alicyclic amines) is 1. The zero-order valence-electron chi connectivity index (χ0n) is 17.2. The molecule has 4 rings (SSSR count). The minimum Gasteiger partial charge on any atom is -0.333 e. The van der Waals surface area contributed by atoms with Gasteiger partial charge in [0.25, 0.3) is 0 Å². The predicted octanol–water partition coefficient (Wildman–Crippen LogP) is 4.69. The van der Waals surface area contributed by atoms with Crippen LogP contribution in [0.15, 0.2) is 54.6 Å². The van der Waals surface area contributed by atoms with Gasteiger partial charge >= 0.3 is 0 Å². The number of para-hydroxylation sites is 2. The van der Waals surface area contributed by atoms with Crippen LogP contribution in [-0.2, 0) is 9.59 Å². The van der Waals surface area contributed by atoms with Crippen molar-refractivity contribution in [2.75, 3.05) is 18.0 Å². The Bertz CT molecular complexity index is 1070. The van der Waals surface area contributed by atoms with Crippen molar-refractivity contribution in [2.45, 2.75) is 38.1 Å². The molecule has 158 valence electrons. The second-order valence-corrected chi connectivity index (χ2v) is 8.62. The second-order valence-electron chi connectivity index (χ2n) is 7.55. The highest BCUT2D eigenvalue weighted by atomic mass is 32.1. The number of hydrogen-bond acceptors (Lipinski definition) is 5. The average molecular weight is 433 g/mol. The number of carbonyl (C=O) groups is 2. The summed E-state index contributed by atoms with van der Waals surface area (Å²) in [5.74, 6) is -0.145. The number of aromatic nitrogens is 1. The van der Waals surface area contributed by atoms with E-state index in [-0.39, 0.29) is 37.1 Å². The molecule has 31 heavy (non-hydrogen) atoms. The van der Waals surface area contributed by atoms with Crippen LogP contribution in [-0.4, -0.2) is 34.8 Å². The highest BCUT2D eigenvalue weighted by molar-refractivity contribution is 7.18. The Labute approximate surface area is 185 Å². The van der Waals surface area contributed by atoms with Gasteiger partial charge in [-0.15, -0.1) is 11.3 Å². The number of anilines is 1. The van der Waals surface area contributed by atoms with Crippen LogP contribution in [0.2, 0.25) is 0 Å². The number of rotatable bonds is 7. The average Bonchev–Trinajstić information content (AvgIpc) is 3.45. The lowest BCUT2D eigenvalue weighted by atomic mass is 10.2. The van der Waals surface area contributed by atoms with E-state index in [2.05, 4.69) is 12.1 Å². The molecular formula is C24H24N4O2S. The number of carbonyl (C=O) groups excluding carboxylic acids is 2. The molecule has 0 radical (unpaired) electrons. The minimum absolute atomic E-state index is 0.0104. The zero-order valence-corrected chi connectivity index (χ0v) is 18.1. The van der Waals surface area contributed by atoms with Gasteiger partial charge in [-0.25, -0.2) is 4.98 Å². The van der Waals surface area contributed by atoms with Gasteiger partial charge in [0.2, 0.25) is 11.8 Å². The van der Waals surface area contributed by atoms with Gasteiger partial charge in [0, 0.05) is 31.6 Å². The Morgan fingerprint density at radius 1 is 1.13 bits per heavy atom. The van der Waals surface area contributed by atoms with Gasteiger partial charge in [-0.1, -0.05) is 30.3 Å². The van der Waals surface area contributed by atoms with Crippen LogP contribution in [0.3, 0.4) is 0 Å². The molecule has 2 heterocycles. The molecule has 2 amide bonds. The maximum Gasteiger partial charge on any atom is 0.227 e. The van der Waals surface area contributed by atoms with Gasteiger partial charge in [0.1, 0.15) is 5.01 Å². The van der Waals surface area contributed by atoms with Crippen LogP contribution in [0, 0.1) is 11.3 Å². The molecule has 1 saturated heterocycles. The third-order valence-electron chi connectivity index (χ3n) is 5.54. The molecule has 0 bridgehead atoms. The normalized spacial score (nSPS) is 15.7. The van der Waals surface area contributed by atoms with E-state index in [0.29, 0.717) is 13.1 Å². The Morgan fingerprint density at radius 3 is 2.68 bits per heavy atom. The van der Waals surface area contributed by atoms with Crippen LogP contribution in [0.5, 0.6) is 0 Å². The van der Waals surface area contributed by atoms with Crippen molar-refractivity contribution in [3.05, 3.63) is 59.6 Å². The highest BCUT2D eigenvalue weighted by Crippen LogP contribution is 2.36. The molecule has 0 aliphatic carbocycles. The number of hydrogen-bond donors (Lipinski definition) is 0. The first-order valence-corrected chi connectivity index (χ1v) is 11.4. The van der Waals surface area contributed by atoms with E-state index in [1.54, 1.807) is 16.2 Å². The van der Waals surface area contributed by atoms with Crippen molar-refractivity contribution in [2.24, 2.45) is 0 Å². The summed E-state index contributed by atoms with van der Waals surface area (Å²) in [6.07, 6.45) is 2.38. The van der Waals surface area contributed by atoms with Crippen LogP contribution in [0.25, 0.3) is 10.2 Å². The Kier molecular flexibility index (Phi) is 6.58. The maximum absolute atomic E-state index is 13.0. The van der Waals surface area contributed by atoms with E-state index in [0.717, 1.165) is 33.8 Å². The molecule has 0 saturated carbocycles. The monoisotopic (exact) mass is 432 g/mol. The first-order valence-electron chi connectivity index (χ1n) is 10.5. The van der Waals surface area contributed by atoms with E-state index < -0.39 is 0 Å². The molecule has 1 fully saturated rings. The lowest BCUT2D eigenvalue weighted by Gasteiger charge is -2.25. The van der Waals surface area contributed by atoms with Crippen LogP contribution in [0.1, 0.15) is 43.2 Å². The minimum atomic E-state index is -0.134. The topological polar surface area (TPSA) is 77.3 Å². The smallest absolute Gasteiger partial charge is 0.227 e. The third kappa shape index (κ3) is 4.75. The van der Waals surface area contributed by atoms with Crippen LogP contribution in [0.4, 0.5) is 5.69 Å². The summed E-state index contributed by atoms with van der Waals surface area (Å²) >= 11 is 1.64. The molecular weight excluding hydrogens is 408 g/mol.